The van der Waals surface area contributed by atoms with Crippen LogP contribution in [0.3, 0.4) is 0 Å². The highest BCUT2D eigenvalue weighted by molar-refractivity contribution is 6.30. The molecule has 2 unspecified atom stereocenters. The smallest absolute Gasteiger partial charge is 0.306 e. The average Bonchev–Trinajstić information content (AvgIpc) is 3.35. The average molecular weight is 569 g/mol. The van der Waals surface area contributed by atoms with Gasteiger partial charge >= 0.3 is 5.97 Å². The number of ether oxygens (including phenoxy) is 3. The van der Waals surface area contributed by atoms with Gasteiger partial charge in [0.25, 0.3) is 0 Å². The predicted octanol–water partition coefficient (Wildman–Crippen LogP) is 6.01. The van der Waals surface area contributed by atoms with Crippen LogP contribution in [-0.2, 0) is 14.3 Å². The van der Waals surface area contributed by atoms with Gasteiger partial charge in [0.1, 0.15) is 23.7 Å². The second-order valence-electron chi connectivity index (χ2n) is 10.5. The van der Waals surface area contributed by atoms with E-state index in [2.05, 4.69) is 5.16 Å². The number of para-hydroxylation sites is 1. The molecule has 212 valence electrons. The summed E-state index contributed by atoms with van der Waals surface area (Å²) < 4.78 is 24.0. The Morgan fingerprint density at radius 2 is 1.88 bits per heavy atom. The number of piperidine rings is 1. The number of rotatable bonds is 7. The van der Waals surface area contributed by atoms with Gasteiger partial charge in [0, 0.05) is 29.6 Å². The Balaban J connectivity index is 1.60. The first-order valence-corrected chi connectivity index (χ1v) is 13.8. The fourth-order valence-corrected chi connectivity index (χ4v) is 5.83. The molecule has 9 nitrogen and oxygen atoms in total. The van der Waals surface area contributed by atoms with Crippen LogP contribution in [0.2, 0.25) is 5.02 Å². The van der Waals surface area contributed by atoms with Gasteiger partial charge in [0.05, 0.1) is 32.1 Å². The molecule has 2 aromatic carbocycles. The normalized spacial score (nSPS) is 19.1. The van der Waals surface area contributed by atoms with Crippen LogP contribution in [0.1, 0.15) is 73.8 Å². The molecule has 3 aromatic rings. The van der Waals surface area contributed by atoms with Crippen molar-refractivity contribution in [1.82, 2.24) is 10.1 Å². The third kappa shape index (κ3) is 5.15. The lowest BCUT2D eigenvalue weighted by Crippen LogP contribution is -2.40. The summed E-state index contributed by atoms with van der Waals surface area (Å²) >= 11 is 6.52. The molecule has 2 aliphatic rings. The predicted molar refractivity (Wildman–Crippen MR) is 148 cm³/mol. The quantitative estimate of drug-likeness (QED) is 0.369. The third-order valence-electron chi connectivity index (χ3n) is 7.71. The number of carbonyl (C=O) groups excluding carboxylic acids is 1. The number of likely N-dealkylation sites (tertiary alicyclic amines) is 1. The summed E-state index contributed by atoms with van der Waals surface area (Å²) in [5.41, 5.74) is 3.72. The fourth-order valence-electron chi connectivity index (χ4n) is 5.65. The summed E-state index contributed by atoms with van der Waals surface area (Å²) in [6.07, 6.45) is -0.550. The number of hydrogen-bond donors (Lipinski definition) is 1. The topological polar surface area (TPSA) is 111 Å². The van der Waals surface area contributed by atoms with Crippen molar-refractivity contribution in [2.24, 2.45) is 5.92 Å². The number of nitrogens with zero attached hydrogens (tertiary/aromatic N) is 2. The van der Waals surface area contributed by atoms with Crippen molar-refractivity contribution < 1.29 is 33.4 Å². The minimum absolute atomic E-state index is 0.0132. The lowest BCUT2D eigenvalue weighted by atomic mass is 9.90. The van der Waals surface area contributed by atoms with E-state index < -0.39 is 24.1 Å². The molecule has 1 amide bonds. The highest BCUT2D eigenvalue weighted by Crippen LogP contribution is 2.50. The van der Waals surface area contributed by atoms with E-state index in [9.17, 15) is 14.7 Å². The Bertz CT molecular complexity index is 1410. The first kappa shape index (κ1) is 28.0. The van der Waals surface area contributed by atoms with Crippen LogP contribution in [-0.4, -0.2) is 54.3 Å². The molecule has 1 aromatic heterocycles. The Labute approximate surface area is 237 Å². The van der Waals surface area contributed by atoms with Crippen molar-refractivity contribution in [3.05, 3.63) is 64.0 Å². The number of carboxylic acids is 1. The number of fused-ring (bicyclic) bond motifs is 3. The third-order valence-corrected chi connectivity index (χ3v) is 7.95. The SMILES string of the molecule is COc1cccc(C2OC(CC(=O)N3CCC(C(=O)O)CC3)c3noc(C(C)C)c3-c3ccc(Cl)cc32)c1OC. The summed E-state index contributed by atoms with van der Waals surface area (Å²) in [4.78, 5) is 26.7. The number of benzene rings is 2. The molecule has 0 aliphatic carbocycles. The maximum atomic E-state index is 13.6. The van der Waals surface area contributed by atoms with Crippen LogP contribution in [0.4, 0.5) is 0 Å². The van der Waals surface area contributed by atoms with Crippen LogP contribution in [0, 0.1) is 5.92 Å². The number of methoxy groups -OCH3 is 2. The second-order valence-corrected chi connectivity index (χ2v) is 10.9. The Kier molecular flexibility index (Phi) is 8.05. The molecule has 40 heavy (non-hydrogen) atoms. The Morgan fingerprint density at radius 3 is 2.52 bits per heavy atom. The van der Waals surface area contributed by atoms with Gasteiger partial charge in [-0.1, -0.05) is 48.8 Å². The highest BCUT2D eigenvalue weighted by atomic mass is 35.5. The summed E-state index contributed by atoms with van der Waals surface area (Å²) in [5.74, 6) is 0.402. The lowest BCUT2D eigenvalue weighted by Gasteiger charge is -2.31. The molecule has 1 saturated heterocycles. The van der Waals surface area contributed by atoms with E-state index in [1.54, 1.807) is 19.1 Å². The zero-order chi connectivity index (χ0) is 28.6. The minimum atomic E-state index is -0.820. The molecular weight excluding hydrogens is 536 g/mol. The number of aromatic nitrogens is 1. The van der Waals surface area contributed by atoms with Gasteiger partial charge in [0.2, 0.25) is 5.91 Å². The number of halogens is 1. The molecule has 3 heterocycles. The Hall–Kier alpha value is -3.56. The highest BCUT2D eigenvalue weighted by Gasteiger charge is 2.39. The van der Waals surface area contributed by atoms with Gasteiger partial charge in [-0.2, -0.15) is 0 Å². The van der Waals surface area contributed by atoms with E-state index in [1.165, 1.54) is 0 Å². The van der Waals surface area contributed by atoms with Gasteiger partial charge in [0.15, 0.2) is 11.5 Å². The van der Waals surface area contributed by atoms with Crippen LogP contribution < -0.4 is 9.47 Å². The molecule has 1 N–H and O–H groups in total. The number of amides is 1. The Morgan fingerprint density at radius 1 is 1.12 bits per heavy atom. The van der Waals surface area contributed by atoms with E-state index in [0.717, 1.165) is 22.3 Å². The number of hydrogen-bond acceptors (Lipinski definition) is 7. The first-order valence-electron chi connectivity index (χ1n) is 13.4. The number of aliphatic carboxylic acids is 1. The minimum Gasteiger partial charge on any atom is -0.493 e. The summed E-state index contributed by atoms with van der Waals surface area (Å²) in [7, 11) is 3.15. The van der Waals surface area contributed by atoms with Gasteiger partial charge in [-0.3, -0.25) is 9.59 Å². The van der Waals surface area contributed by atoms with E-state index in [1.807, 2.05) is 50.2 Å². The molecule has 2 atom stereocenters. The van der Waals surface area contributed by atoms with Crippen LogP contribution in [0.5, 0.6) is 11.5 Å². The monoisotopic (exact) mass is 568 g/mol. The van der Waals surface area contributed by atoms with Crippen molar-refractivity contribution in [3.63, 3.8) is 0 Å². The maximum Gasteiger partial charge on any atom is 0.306 e. The van der Waals surface area contributed by atoms with Gasteiger partial charge < -0.3 is 28.7 Å². The van der Waals surface area contributed by atoms with Crippen molar-refractivity contribution in [2.45, 2.75) is 51.2 Å². The molecule has 5 rings (SSSR count). The van der Waals surface area contributed by atoms with Crippen LogP contribution in [0.25, 0.3) is 11.1 Å². The van der Waals surface area contributed by atoms with Crippen molar-refractivity contribution in [3.8, 4) is 22.6 Å². The molecule has 0 spiro atoms. The number of carbonyl (C=O) groups is 2. The van der Waals surface area contributed by atoms with Crippen LogP contribution >= 0.6 is 11.6 Å². The standard InChI is InChI=1S/C30H33ClN2O7/c1-16(2)27-25-19-9-8-18(31)14-21(19)28(20-6-5-7-22(37-3)29(20)38-4)39-23(26(25)32-40-27)15-24(34)33-12-10-17(11-13-33)30(35)36/h5-9,14,16-17,23,28H,10-13,15H2,1-4H3,(H,35,36). The maximum absolute atomic E-state index is 13.6. The van der Waals surface area contributed by atoms with Crippen LogP contribution in [0.15, 0.2) is 40.9 Å². The van der Waals surface area contributed by atoms with E-state index >= 15 is 0 Å². The van der Waals surface area contributed by atoms with Crippen molar-refractivity contribution in [2.75, 3.05) is 27.3 Å². The molecule has 0 radical (unpaired) electrons. The molecule has 0 saturated carbocycles. The zero-order valence-corrected chi connectivity index (χ0v) is 23.7. The molecular formula is C30H33ClN2O7. The molecule has 1 fully saturated rings. The first-order chi connectivity index (χ1) is 19.2. The molecule has 10 heteroatoms. The van der Waals surface area contributed by atoms with Crippen molar-refractivity contribution >= 4 is 23.5 Å². The zero-order valence-electron chi connectivity index (χ0n) is 23.0. The van der Waals surface area contributed by atoms with E-state index in [4.69, 9.17) is 30.3 Å². The van der Waals surface area contributed by atoms with E-state index in [0.29, 0.717) is 53.9 Å². The van der Waals surface area contributed by atoms with Gasteiger partial charge in [-0.05, 0) is 42.2 Å². The summed E-state index contributed by atoms with van der Waals surface area (Å²) in [6.45, 7) is 4.82. The number of carboxylic acid groups (broad SMARTS) is 1. The largest absolute Gasteiger partial charge is 0.493 e. The summed E-state index contributed by atoms with van der Waals surface area (Å²) in [6, 6.07) is 11.2. The fraction of sp³-hybridized carbons (Fsp3) is 0.433. The van der Waals surface area contributed by atoms with Gasteiger partial charge in [-0.15, -0.1) is 0 Å². The van der Waals surface area contributed by atoms with Gasteiger partial charge in [-0.25, -0.2) is 0 Å². The molecule has 2 aliphatic heterocycles. The molecule has 0 bridgehead atoms. The van der Waals surface area contributed by atoms with E-state index in [-0.39, 0.29) is 18.2 Å². The second kappa shape index (κ2) is 11.5. The lowest BCUT2D eigenvalue weighted by molar-refractivity contribution is -0.146. The van der Waals surface area contributed by atoms with Crippen molar-refractivity contribution in [1.29, 1.82) is 0 Å². The summed E-state index contributed by atoms with van der Waals surface area (Å²) in [5, 5.41) is 14.3.